The fourth-order valence-corrected chi connectivity index (χ4v) is 1.72. The number of nitrogens with one attached hydrogen (secondary N) is 1. The quantitative estimate of drug-likeness (QED) is 0.651. The van der Waals surface area contributed by atoms with Crippen LogP contribution in [0, 0.1) is 0 Å². The van der Waals surface area contributed by atoms with Crippen LogP contribution in [0.3, 0.4) is 0 Å². The first-order valence-corrected chi connectivity index (χ1v) is 6.11. The molecule has 0 saturated carbocycles. The third kappa shape index (κ3) is 3.08. The fraction of sp³-hybridized carbons (Fsp3) is 0.875. The van der Waals surface area contributed by atoms with Crippen LogP contribution >= 0.6 is 0 Å². The van der Waals surface area contributed by atoms with Crippen LogP contribution in [0.1, 0.15) is 6.42 Å². The topological polar surface area (TPSA) is 49.4 Å². The van der Waals surface area contributed by atoms with E-state index in [1.54, 1.807) is 11.2 Å². The van der Waals surface area contributed by atoms with Crippen LogP contribution in [0.15, 0.2) is 0 Å². The molecule has 1 heterocycles. The number of rotatable bonds is 4. The minimum atomic E-state index is -0.854. The van der Waals surface area contributed by atoms with Crippen molar-refractivity contribution in [3.63, 3.8) is 0 Å². The molecule has 1 amide bonds. The molecule has 1 saturated heterocycles. The van der Waals surface area contributed by atoms with E-state index in [-0.39, 0.29) is 5.91 Å². The van der Waals surface area contributed by atoms with E-state index in [1.165, 1.54) is 0 Å². The summed E-state index contributed by atoms with van der Waals surface area (Å²) in [6, 6.07) is 0.455. The van der Waals surface area contributed by atoms with Gasteiger partial charge in [-0.05, 0) is 7.05 Å². The third-order valence-electron chi connectivity index (χ3n) is 2.25. The number of carbonyl (C=O) groups is 1. The van der Waals surface area contributed by atoms with E-state index < -0.39 is 10.8 Å². The molecule has 5 heteroatoms. The van der Waals surface area contributed by atoms with Gasteiger partial charge in [0.05, 0.1) is 0 Å². The summed E-state index contributed by atoms with van der Waals surface area (Å²) < 4.78 is 10.7. The molecule has 4 nitrogen and oxygen atoms in total. The van der Waals surface area contributed by atoms with Crippen molar-refractivity contribution in [3.05, 3.63) is 0 Å². The smallest absolute Gasteiger partial charge is 0.223 e. The third-order valence-corrected chi connectivity index (χ3v) is 3.02. The Labute approximate surface area is 81.1 Å². The summed E-state index contributed by atoms with van der Waals surface area (Å²) in [4.78, 5) is 13.2. The Bertz CT molecular complexity index is 214. The largest absolute Gasteiger partial charge is 0.339 e. The minimum Gasteiger partial charge on any atom is -0.339 e. The first-order chi connectivity index (χ1) is 6.13. The van der Waals surface area contributed by atoms with E-state index in [0.717, 1.165) is 13.1 Å². The van der Waals surface area contributed by atoms with Crippen LogP contribution < -0.4 is 5.32 Å². The van der Waals surface area contributed by atoms with Crippen molar-refractivity contribution in [2.45, 2.75) is 12.5 Å². The summed E-state index contributed by atoms with van der Waals surface area (Å²) >= 11 is 0. The van der Waals surface area contributed by atoms with Gasteiger partial charge in [0.25, 0.3) is 0 Å². The van der Waals surface area contributed by atoms with Crippen LogP contribution in [-0.2, 0) is 15.6 Å². The first-order valence-electron chi connectivity index (χ1n) is 4.38. The van der Waals surface area contributed by atoms with Gasteiger partial charge in [0.2, 0.25) is 5.91 Å². The van der Waals surface area contributed by atoms with Gasteiger partial charge in [0.15, 0.2) is 0 Å². The molecule has 0 radical (unpaired) electrons. The minimum absolute atomic E-state index is 0.127. The Morgan fingerprint density at radius 3 is 2.69 bits per heavy atom. The van der Waals surface area contributed by atoms with E-state index in [0.29, 0.717) is 18.2 Å². The van der Waals surface area contributed by atoms with Gasteiger partial charge in [-0.25, -0.2) is 0 Å². The van der Waals surface area contributed by atoms with Crippen LogP contribution in [0.4, 0.5) is 0 Å². The molecular formula is C8H16N2O2S. The molecule has 76 valence electrons. The molecule has 1 aliphatic rings. The van der Waals surface area contributed by atoms with Gasteiger partial charge in [-0.15, -0.1) is 0 Å². The van der Waals surface area contributed by atoms with Crippen molar-refractivity contribution in [3.8, 4) is 0 Å². The lowest BCUT2D eigenvalue weighted by Crippen LogP contribution is -2.59. The summed E-state index contributed by atoms with van der Waals surface area (Å²) in [5, 5.41) is 3.10. The lowest BCUT2D eigenvalue weighted by molar-refractivity contribution is -0.135. The molecule has 1 fully saturated rings. The van der Waals surface area contributed by atoms with Crippen molar-refractivity contribution in [2.24, 2.45) is 0 Å². The molecule has 1 N–H and O–H groups in total. The Kier molecular flexibility index (Phi) is 3.87. The van der Waals surface area contributed by atoms with Gasteiger partial charge in [-0.3, -0.25) is 9.00 Å². The number of hydrogen-bond donors (Lipinski definition) is 1. The second kappa shape index (κ2) is 4.72. The number of carbonyl (C=O) groups excluding carboxylic acids is 1. The lowest BCUT2D eigenvalue weighted by atomic mass is 10.1. The summed E-state index contributed by atoms with van der Waals surface area (Å²) in [7, 11) is 1.04. The maximum absolute atomic E-state index is 11.4. The van der Waals surface area contributed by atoms with Crippen LogP contribution in [0.25, 0.3) is 0 Å². The average Bonchev–Trinajstić information content (AvgIpc) is 1.99. The lowest BCUT2D eigenvalue weighted by Gasteiger charge is -2.39. The zero-order valence-electron chi connectivity index (χ0n) is 8.08. The molecule has 0 aromatic heterocycles. The average molecular weight is 204 g/mol. The highest BCUT2D eigenvalue weighted by Crippen LogP contribution is 2.08. The Morgan fingerprint density at radius 2 is 2.23 bits per heavy atom. The highest BCUT2D eigenvalue weighted by molar-refractivity contribution is 7.84. The van der Waals surface area contributed by atoms with Crippen molar-refractivity contribution in [1.29, 1.82) is 0 Å². The van der Waals surface area contributed by atoms with E-state index in [4.69, 9.17) is 0 Å². The standard InChI is InChI=1S/C8H16N2O2S/c1-9-7-5-10(6-7)8(11)3-4-13(2)12/h7,9H,3-6H2,1-2H3. The van der Waals surface area contributed by atoms with Gasteiger partial charge >= 0.3 is 0 Å². The van der Waals surface area contributed by atoms with E-state index in [9.17, 15) is 9.00 Å². The number of amides is 1. The molecular weight excluding hydrogens is 188 g/mol. The summed E-state index contributed by atoms with van der Waals surface area (Å²) in [5.74, 6) is 0.612. The van der Waals surface area contributed by atoms with Gasteiger partial charge < -0.3 is 10.2 Å². The maximum atomic E-state index is 11.4. The SMILES string of the molecule is CNC1CN(C(=O)CCS(C)=O)C1. The molecule has 1 atom stereocenters. The predicted molar refractivity (Wildman–Crippen MR) is 53.0 cm³/mol. The Hall–Kier alpha value is -0.420. The highest BCUT2D eigenvalue weighted by atomic mass is 32.2. The monoisotopic (exact) mass is 204 g/mol. The predicted octanol–water partition coefficient (Wildman–Crippen LogP) is -0.815. The Morgan fingerprint density at radius 1 is 1.62 bits per heavy atom. The van der Waals surface area contributed by atoms with Crippen LogP contribution in [0.5, 0.6) is 0 Å². The van der Waals surface area contributed by atoms with Crippen molar-refractivity contribution in [1.82, 2.24) is 10.2 Å². The second-order valence-electron chi connectivity index (χ2n) is 3.31. The number of likely N-dealkylation sites (tertiary alicyclic amines) is 1. The van der Waals surface area contributed by atoms with Crippen molar-refractivity contribution >= 4 is 16.7 Å². The highest BCUT2D eigenvalue weighted by Gasteiger charge is 2.28. The van der Waals surface area contributed by atoms with E-state index in [2.05, 4.69) is 5.32 Å². The van der Waals surface area contributed by atoms with Gasteiger partial charge in [0.1, 0.15) is 0 Å². The van der Waals surface area contributed by atoms with Gasteiger partial charge in [0, 0.05) is 48.4 Å². The zero-order valence-corrected chi connectivity index (χ0v) is 8.89. The molecule has 1 aliphatic heterocycles. The number of nitrogens with zero attached hydrogens (tertiary/aromatic N) is 1. The summed E-state index contributed by atoms with van der Waals surface area (Å²) in [6.45, 7) is 1.59. The van der Waals surface area contributed by atoms with E-state index >= 15 is 0 Å². The summed E-state index contributed by atoms with van der Waals surface area (Å²) in [6.07, 6.45) is 2.04. The molecule has 1 rings (SSSR count). The first kappa shape index (κ1) is 10.7. The second-order valence-corrected chi connectivity index (χ2v) is 4.87. The van der Waals surface area contributed by atoms with Crippen LogP contribution in [0.2, 0.25) is 0 Å². The Balaban J connectivity index is 2.16. The number of likely N-dealkylation sites (N-methyl/N-ethyl adjacent to an activating group) is 1. The maximum Gasteiger partial charge on any atom is 0.223 e. The number of hydrogen-bond acceptors (Lipinski definition) is 3. The van der Waals surface area contributed by atoms with E-state index in [1.807, 2.05) is 7.05 Å². The van der Waals surface area contributed by atoms with Crippen LogP contribution in [-0.4, -0.2) is 53.2 Å². The van der Waals surface area contributed by atoms with Gasteiger partial charge in [-0.2, -0.15) is 0 Å². The molecule has 0 aromatic rings. The van der Waals surface area contributed by atoms with Crippen molar-refractivity contribution < 1.29 is 9.00 Å². The molecule has 13 heavy (non-hydrogen) atoms. The fourth-order valence-electron chi connectivity index (χ4n) is 1.25. The molecule has 0 bridgehead atoms. The molecule has 0 aliphatic carbocycles. The molecule has 0 aromatic carbocycles. The van der Waals surface area contributed by atoms with Crippen molar-refractivity contribution in [2.75, 3.05) is 32.1 Å². The molecule has 0 spiro atoms. The zero-order chi connectivity index (χ0) is 9.84. The molecule has 1 unspecified atom stereocenters. The normalized spacial score (nSPS) is 19.7. The van der Waals surface area contributed by atoms with Gasteiger partial charge in [-0.1, -0.05) is 0 Å². The summed E-state index contributed by atoms with van der Waals surface area (Å²) in [5.41, 5.74) is 0.